The van der Waals surface area contributed by atoms with E-state index in [-0.39, 0.29) is 0 Å². The first-order valence-corrected chi connectivity index (χ1v) is 6.88. The van der Waals surface area contributed by atoms with Crippen LogP contribution in [0.4, 0.5) is 5.69 Å². The van der Waals surface area contributed by atoms with Gasteiger partial charge in [0.05, 0.1) is 6.07 Å². The fraction of sp³-hybridized carbons (Fsp3) is 0.533. The van der Waals surface area contributed by atoms with E-state index in [1.165, 1.54) is 6.42 Å². The number of nitrogens with zero attached hydrogens (tertiary/aromatic N) is 1. The molecular formula is C15H19ClN2. The maximum absolute atomic E-state index is 9.61. The predicted octanol–water partition coefficient (Wildman–Crippen LogP) is 4.47. The summed E-state index contributed by atoms with van der Waals surface area (Å²) in [5, 5.41) is 13.7. The maximum atomic E-state index is 9.61. The van der Waals surface area contributed by atoms with Crippen LogP contribution in [0.15, 0.2) is 24.3 Å². The third kappa shape index (κ3) is 2.62. The van der Waals surface area contributed by atoms with Gasteiger partial charge in [0.15, 0.2) is 0 Å². The van der Waals surface area contributed by atoms with E-state index in [1.807, 2.05) is 24.3 Å². The molecule has 0 radical (unpaired) electrons. The fourth-order valence-corrected chi connectivity index (χ4v) is 3.01. The Morgan fingerprint density at radius 2 is 2.17 bits per heavy atom. The molecule has 3 heteroatoms. The molecule has 1 aliphatic carbocycles. The molecule has 1 aromatic rings. The zero-order valence-electron chi connectivity index (χ0n) is 10.9. The minimum absolute atomic E-state index is 0.359. The first-order valence-electron chi connectivity index (χ1n) is 6.51. The minimum Gasteiger partial charge on any atom is -0.367 e. The number of nitrogens with one attached hydrogen (secondary N) is 1. The van der Waals surface area contributed by atoms with Crippen molar-refractivity contribution in [1.82, 2.24) is 0 Å². The Bertz CT molecular complexity index is 466. The van der Waals surface area contributed by atoms with E-state index in [4.69, 9.17) is 11.6 Å². The van der Waals surface area contributed by atoms with Crippen LogP contribution in [0.1, 0.15) is 33.1 Å². The second-order valence-electron chi connectivity index (χ2n) is 5.51. The zero-order chi connectivity index (χ0) is 13.2. The second kappa shape index (κ2) is 5.20. The van der Waals surface area contributed by atoms with Crippen LogP contribution in [0.25, 0.3) is 0 Å². The van der Waals surface area contributed by atoms with Gasteiger partial charge in [-0.2, -0.15) is 5.26 Å². The van der Waals surface area contributed by atoms with Gasteiger partial charge in [0.2, 0.25) is 0 Å². The van der Waals surface area contributed by atoms with Crippen molar-refractivity contribution in [3.63, 3.8) is 0 Å². The third-order valence-electron chi connectivity index (χ3n) is 4.00. The van der Waals surface area contributed by atoms with Crippen molar-refractivity contribution in [2.45, 2.75) is 38.6 Å². The first-order chi connectivity index (χ1) is 8.55. The lowest BCUT2D eigenvalue weighted by Gasteiger charge is -2.41. The van der Waals surface area contributed by atoms with Gasteiger partial charge in [-0.1, -0.05) is 37.9 Å². The van der Waals surface area contributed by atoms with Crippen molar-refractivity contribution in [3.8, 4) is 6.07 Å². The van der Waals surface area contributed by atoms with Crippen molar-refractivity contribution in [3.05, 3.63) is 29.3 Å². The predicted molar refractivity (Wildman–Crippen MR) is 75.6 cm³/mol. The zero-order valence-corrected chi connectivity index (χ0v) is 11.7. The van der Waals surface area contributed by atoms with Crippen LogP contribution in [0.5, 0.6) is 0 Å². The summed E-state index contributed by atoms with van der Waals surface area (Å²) in [5.41, 5.74) is 0.479. The molecule has 2 rings (SSSR count). The molecule has 0 saturated heterocycles. The molecule has 0 heterocycles. The van der Waals surface area contributed by atoms with E-state index < -0.39 is 5.54 Å². The Morgan fingerprint density at radius 1 is 1.39 bits per heavy atom. The summed E-state index contributed by atoms with van der Waals surface area (Å²) < 4.78 is 0. The van der Waals surface area contributed by atoms with Crippen LogP contribution in [-0.4, -0.2) is 5.54 Å². The highest BCUT2D eigenvalue weighted by molar-refractivity contribution is 6.30. The van der Waals surface area contributed by atoms with Crippen molar-refractivity contribution in [2.24, 2.45) is 11.8 Å². The molecule has 0 amide bonds. The van der Waals surface area contributed by atoms with E-state index in [9.17, 15) is 5.26 Å². The van der Waals surface area contributed by atoms with Crippen LogP contribution in [-0.2, 0) is 0 Å². The van der Waals surface area contributed by atoms with Gasteiger partial charge < -0.3 is 5.32 Å². The van der Waals surface area contributed by atoms with Gasteiger partial charge in [-0.25, -0.2) is 0 Å². The molecule has 0 aliphatic heterocycles. The van der Waals surface area contributed by atoms with Gasteiger partial charge in [0.1, 0.15) is 5.54 Å². The molecule has 1 aliphatic rings. The standard InChI is InChI=1S/C15H19ClN2/c1-11-6-7-12(2)15(9-11,10-17)18-14-5-3-4-13(16)8-14/h3-5,8,11-12,18H,6-7,9H2,1-2H3. The summed E-state index contributed by atoms with van der Waals surface area (Å²) in [5.74, 6) is 0.949. The van der Waals surface area contributed by atoms with Crippen molar-refractivity contribution >= 4 is 17.3 Å². The van der Waals surface area contributed by atoms with E-state index in [1.54, 1.807) is 0 Å². The van der Waals surface area contributed by atoms with Gasteiger partial charge in [0.25, 0.3) is 0 Å². The number of benzene rings is 1. The molecule has 0 spiro atoms. The molecule has 3 unspecified atom stereocenters. The number of hydrogen-bond donors (Lipinski definition) is 1. The molecule has 2 nitrogen and oxygen atoms in total. The highest BCUT2D eigenvalue weighted by Gasteiger charge is 2.41. The van der Waals surface area contributed by atoms with Crippen molar-refractivity contribution in [1.29, 1.82) is 5.26 Å². The monoisotopic (exact) mass is 262 g/mol. The molecule has 1 fully saturated rings. The van der Waals surface area contributed by atoms with Crippen LogP contribution in [0.3, 0.4) is 0 Å². The average Bonchev–Trinajstić information content (AvgIpc) is 2.34. The normalized spacial score (nSPS) is 31.7. The van der Waals surface area contributed by atoms with Crippen LogP contribution in [0.2, 0.25) is 5.02 Å². The SMILES string of the molecule is CC1CCC(C)C(C#N)(Nc2cccc(Cl)c2)C1. The summed E-state index contributed by atoms with van der Waals surface area (Å²) in [4.78, 5) is 0. The van der Waals surface area contributed by atoms with Crippen LogP contribution < -0.4 is 5.32 Å². The number of halogens is 1. The van der Waals surface area contributed by atoms with Gasteiger partial charge in [-0.3, -0.25) is 0 Å². The lowest BCUT2D eigenvalue weighted by molar-refractivity contribution is 0.229. The summed E-state index contributed by atoms with van der Waals surface area (Å²) in [6, 6.07) is 10.1. The Morgan fingerprint density at radius 3 is 2.83 bits per heavy atom. The fourth-order valence-electron chi connectivity index (χ4n) is 2.82. The number of anilines is 1. The van der Waals surface area contributed by atoms with Gasteiger partial charge in [-0.15, -0.1) is 0 Å². The highest BCUT2D eigenvalue weighted by Crippen LogP contribution is 2.39. The Hall–Kier alpha value is -1.20. The second-order valence-corrected chi connectivity index (χ2v) is 5.94. The summed E-state index contributed by atoms with van der Waals surface area (Å²) in [6.07, 6.45) is 3.21. The number of rotatable bonds is 2. The topological polar surface area (TPSA) is 35.8 Å². The lowest BCUT2D eigenvalue weighted by Crippen LogP contribution is -2.47. The third-order valence-corrected chi connectivity index (χ3v) is 4.23. The van der Waals surface area contributed by atoms with Crippen molar-refractivity contribution in [2.75, 3.05) is 5.32 Å². The van der Waals surface area contributed by atoms with Gasteiger partial charge in [-0.05, 0) is 42.9 Å². The number of hydrogen-bond acceptors (Lipinski definition) is 2. The van der Waals surface area contributed by atoms with Crippen LogP contribution >= 0.6 is 11.6 Å². The quantitative estimate of drug-likeness (QED) is 0.854. The number of nitriles is 1. The van der Waals surface area contributed by atoms with Gasteiger partial charge in [0, 0.05) is 10.7 Å². The summed E-state index contributed by atoms with van der Waals surface area (Å²) in [6.45, 7) is 4.38. The van der Waals surface area contributed by atoms with Gasteiger partial charge >= 0.3 is 0 Å². The maximum Gasteiger partial charge on any atom is 0.128 e. The highest BCUT2D eigenvalue weighted by atomic mass is 35.5. The molecule has 1 aromatic carbocycles. The average molecular weight is 263 g/mol. The molecule has 0 bridgehead atoms. The Balaban J connectivity index is 2.25. The molecule has 1 N–H and O–H groups in total. The van der Waals surface area contributed by atoms with E-state index in [0.717, 1.165) is 18.5 Å². The molecular weight excluding hydrogens is 244 g/mol. The molecule has 96 valence electrons. The summed E-state index contributed by atoms with van der Waals surface area (Å²) >= 11 is 5.99. The lowest BCUT2D eigenvalue weighted by atomic mass is 9.70. The molecule has 0 aromatic heterocycles. The smallest absolute Gasteiger partial charge is 0.128 e. The first kappa shape index (κ1) is 13.2. The molecule has 1 saturated carbocycles. The van der Waals surface area contributed by atoms with E-state index in [2.05, 4.69) is 25.2 Å². The van der Waals surface area contributed by atoms with E-state index in [0.29, 0.717) is 16.9 Å². The largest absolute Gasteiger partial charge is 0.367 e. The summed E-state index contributed by atoms with van der Waals surface area (Å²) in [7, 11) is 0. The van der Waals surface area contributed by atoms with Crippen molar-refractivity contribution < 1.29 is 0 Å². The van der Waals surface area contributed by atoms with E-state index >= 15 is 0 Å². The molecule has 3 atom stereocenters. The Kier molecular flexibility index (Phi) is 3.82. The van der Waals surface area contributed by atoms with Crippen LogP contribution in [0, 0.1) is 23.2 Å². The Labute approximate surface area is 114 Å². The molecule has 18 heavy (non-hydrogen) atoms. The minimum atomic E-state index is -0.456.